The number of hydrogen-bond donors (Lipinski definition) is 1. The van der Waals surface area contributed by atoms with Crippen molar-refractivity contribution in [1.29, 1.82) is 0 Å². The smallest absolute Gasteiger partial charge is 0.144 e. The van der Waals surface area contributed by atoms with Crippen molar-refractivity contribution in [2.24, 2.45) is 0 Å². The van der Waals surface area contributed by atoms with E-state index in [1.165, 1.54) is 5.69 Å². The van der Waals surface area contributed by atoms with E-state index in [2.05, 4.69) is 22.8 Å². The lowest BCUT2D eigenvalue weighted by atomic mass is 10.1. The van der Waals surface area contributed by atoms with Gasteiger partial charge in [-0.05, 0) is 18.6 Å². The molecule has 2 N–H and O–H groups in total. The molecular weight excluding hydrogens is 266 g/mol. The Morgan fingerprint density at radius 2 is 2.00 bits per heavy atom. The van der Waals surface area contributed by atoms with Crippen LogP contribution in [0.1, 0.15) is 13.3 Å². The third-order valence-electron chi connectivity index (χ3n) is 4.24. The van der Waals surface area contributed by atoms with Gasteiger partial charge < -0.3 is 20.1 Å². The van der Waals surface area contributed by atoms with Crippen molar-refractivity contribution >= 4 is 11.4 Å². The summed E-state index contributed by atoms with van der Waals surface area (Å²) in [5.74, 6) is 0.914. The average molecular weight is 291 g/mol. The summed E-state index contributed by atoms with van der Waals surface area (Å²) in [7, 11) is 0. The second-order valence-electron chi connectivity index (χ2n) is 5.79. The molecule has 0 saturated carbocycles. The molecule has 5 nitrogen and oxygen atoms in total. The van der Waals surface area contributed by atoms with Crippen molar-refractivity contribution in [2.75, 3.05) is 56.6 Å². The van der Waals surface area contributed by atoms with E-state index in [0.717, 1.165) is 63.9 Å². The van der Waals surface area contributed by atoms with E-state index < -0.39 is 0 Å². The number of nitrogen functional groups attached to an aromatic ring is 1. The molecule has 3 rings (SSSR count). The highest BCUT2D eigenvalue weighted by molar-refractivity contribution is 5.64. The summed E-state index contributed by atoms with van der Waals surface area (Å²) < 4.78 is 11.2. The molecule has 116 valence electrons. The zero-order valence-electron chi connectivity index (χ0n) is 12.8. The van der Waals surface area contributed by atoms with Gasteiger partial charge in [0.2, 0.25) is 0 Å². The number of ether oxygens (including phenoxy) is 2. The van der Waals surface area contributed by atoms with Gasteiger partial charge >= 0.3 is 0 Å². The molecule has 2 aliphatic rings. The number of anilines is 2. The van der Waals surface area contributed by atoms with E-state index in [1.54, 1.807) is 0 Å². The Labute approximate surface area is 126 Å². The van der Waals surface area contributed by atoms with Gasteiger partial charge in [-0.1, -0.05) is 6.92 Å². The standard InChI is InChI=1S/C16H25N3O2/c1-2-9-21-16-10-13(17)3-4-15(16)19-7-5-18(6-8-19)14-11-20-12-14/h3-4,10,14H,2,5-9,11-12,17H2,1H3. The minimum atomic E-state index is 0.634. The molecule has 5 heteroatoms. The molecule has 2 aliphatic heterocycles. The maximum absolute atomic E-state index is 5.90. The third-order valence-corrected chi connectivity index (χ3v) is 4.24. The highest BCUT2D eigenvalue weighted by atomic mass is 16.5. The van der Waals surface area contributed by atoms with Crippen molar-refractivity contribution in [3.05, 3.63) is 18.2 Å². The normalized spacial score (nSPS) is 20.3. The Balaban J connectivity index is 1.66. The highest BCUT2D eigenvalue weighted by Gasteiger charge is 2.29. The van der Waals surface area contributed by atoms with Crippen LogP contribution in [0.5, 0.6) is 5.75 Å². The van der Waals surface area contributed by atoms with E-state index in [-0.39, 0.29) is 0 Å². The van der Waals surface area contributed by atoms with E-state index >= 15 is 0 Å². The number of hydrogen-bond acceptors (Lipinski definition) is 5. The summed E-state index contributed by atoms with van der Waals surface area (Å²) >= 11 is 0. The van der Waals surface area contributed by atoms with E-state index in [1.807, 2.05) is 12.1 Å². The van der Waals surface area contributed by atoms with Gasteiger partial charge in [-0.2, -0.15) is 0 Å². The Morgan fingerprint density at radius 3 is 2.62 bits per heavy atom. The van der Waals surface area contributed by atoms with Crippen LogP contribution in [0.2, 0.25) is 0 Å². The van der Waals surface area contributed by atoms with Gasteiger partial charge in [-0.3, -0.25) is 4.90 Å². The first-order valence-electron chi connectivity index (χ1n) is 7.87. The number of nitrogens with zero attached hydrogens (tertiary/aromatic N) is 2. The predicted molar refractivity (Wildman–Crippen MR) is 85.0 cm³/mol. The Kier molecular flexibility index (Phi) is 4.51. The largest absolute Gasteiger partial charge is 0.491 e. The summed E-state index contributed by atoms with van der Waals surface area (Å²) in [5, 5.41) is 0. The highest BCUT2D eigenvalue weighted by Crippen LogP contribution is 2.31. The number of benzene rings is 1. The zero-order valence-corrected chi connectivity index (χ0v) is 12.8. The molecule has 1 aromatic rings. The summed E-state index contributed by atoms with van der Waals surface area (Å²) in [4.78, 5) is 4.93. The lowest BCUT2D eigenvalue weighted by Crippen LogP contribution is -2.56. The Morgan fingerprint density at radius 1 is 1.24 bits per heavy atom. The molecule has 0 atom stereocenters. The minimum Gasteiger partial charge on any atom is -0.491 e. The molecule has 2 fully saturated rings. The predicted octanol–water partition coefficient (Wildman–Crippen LogP) is 1.58. The molecular formula is C16H25N3O2. The molecule has 0 bridgehead atoms. The second kappa shape index (κ2) is 6.54. The van der Waals surface area contributed by atoms with Crippen LogP contribution in [0.25, 0.3) is 0 Å². The number of piperazine rings is 1. The fourth-order valence-electron chi connectivity index (χ4n) is 2.88. The first-order chi connectivity index (χ1) is 10.3. The summed E-state index contributed by atoms with van der Waals surface area (Å²) in [6.45, 7) is 8.88. The lowest BCUT2D eigenvalue weighted by molar-refractivity contribution is -0.0660. The van der Waals surface area contributed by atoms with Gasteiger partial charge in [0.05, 0.1) is 31.5 Å². The minimum absolute atomic E-state index is 0.634. The lowest BCUT2D eigenvalue weighted by Gasteiger charge is -2.43. The molecule has 0 aliphatic carbocycles. The van der Waals surface area contributed by atoms with Crippen LogP contribution in [0.4, 0.5) is 11.4 Å². The molecule has 0 aromatic heterocycles. The van der Waals surface area contributed by atoms with Gasteiger partial charge in [0, 0.05) is 37.9 Å². The summed E-state index contributed by atoms with van der Waals surface area (Å²) in [6.07, 6.45) is 1.00. The van der Waals surface area contributed by atoms with E-state index in [4.69, 9.17) is 15.2 Å². The maximum Gasteiger partial charge on any atom is 0.144 e. The molecule has 0 unspecified atom stereocenters. The molecule has 0 spiro atoms. The molecule has 21 heavy (non-hydrogen) atoms. The van der Waals surface area contributed by atoms with Crippen LogP contribution < -0.4 is 15.4 Å². The van der Waals surface area contributed by atoms with Crippen molar-refractivity contribution in [3.8, 4) is 5.75 Å². The van der Waals surface area contributed by atoms with E-state index in [9.17, 15) is 0 Å². The van der Waals surface area contributed by atoms with Crippen LogP contribution in [0.3, 0.4) is 0 Å². The molecule has 2 heterocycles. The monoisotopic (exact) mass is 291 g/mol. The van der Waals surface area contributed by atoms with Crippen molar-refractivity contribution < 1.29 is 9.47 Å². The number of rotatable bonds is 5. The van der Waals surface area contributed by atoms with Gasteiger partial charge in [0.1, 0.15) is 5.75 Å². The average Bonchev–Trinajstić information content (AvgIpc) is 2.44. The van der Waals surface area contributed by atoms with Crippen LogP contribution in [0.15, 0.2) is 18.2 Å². The van der Waals surface area contributed by atoms with Crippen molar-refractivity contribution in [2.45, 2.75) is 19.4 Å². The van der Waals surface area contributed by atoms with Gasteiger partial charge in [-0.25, -0.2) is 0 Å². The molecule has 2 saturated heterocycles. The first kappa shape index (κ1) is 14.5. The molecule has 0 amide bonds. The molecule has 1 aromatic carbocycles. The van der Waals surface area contributed by atoms with E-state index in [0.29, 0.717) is 6.04 Å². The maximum atomic E-state index is 5.90. The topological polar surface area (TPSA) is 51.0 Å². The summed E-state index contributed by atoms with van der Waals surface area (Å²) in [5.41, 5.74) is 7.82. The van der Waals surface area contributed by atoms with Gasteiger partial charge in [-0.15, -0.1) is 0 Å². The second-order valence-corrected chi connectivity index (χ2v) is 5.79. The zero-order chi connectivity index (χ0) is 14.7. The fraction of sp³-hybridized carbons (Fsp3) is 0.625. The first-order valence-corrected chi connectivity index (χ1v) is 7.87. The molecule has 0 radical (unpaired) electrons. The van der Waals surface area contributed by atoms with Crippen LogP contribution in [-0.4, -0.2) is 56.9 Å². The number of nitrogens with two attached hydrogens (primary N) is 1. The summed E-state index contributed by atoms with van der Waals surface area (Å²) in [6, 6.07) is 6.62. The van der Waals surface area contributed by atoms with Gasteiger partial charge in [0.15, 0.2) is 0 Å². The third kappa shape index (κ3) is 3.24. The van der Waals surface area contributed by atoms with Crippen molar-refractivity contribution in [1.82, 2.24) is 4.90 Å². The quantitative estimate of drug-likeness (QED) is 0.835. The fourth-order valence-corrected chi connectivity index (χ4v) is 2.88. The Bertz CT molecular complexity index is 469. The van der Waals surface area contributed by atoms with Crippen LogP contribution in [0, 0.1) is 0 Å². The van der Waals surface area contributed by atoms with Crippen LogP contribution in [-0.2, 0) is 4.74 Å². The van der Waals surface area contributed by atoms with Crippen LogP contribution >= 0.6 is 0 Å². The Hall–Kier alpha value is -1.46. The van der Waals surface area contributed by atoms with Crippen molar-refractivity contribution in [3.63, 3.8) is 0 Å². The SMILES string of the molecule is CCCOc1cc(N)ccc1N1CCN(C2COC2)CC1. The van der Waals surface area contributed by atoms with Gasteiger partial charge in [0.25, 0.3) is 0 Å².